The number of hydrogen-bond acceptors (Lipinski definition) is 5. The van der Waals surface area contributed by atoms with Gasteiger partial charge in [0.1, 0.15) is 23.6 Å². The van der Waals surface area contributed by atoms with E-state index in [9.17, 15) is 14.4 Å². The van der Waals surface area contributed by atoms with E-state index in [2.05, 4.69) is 5.32 Å². The third kappa shape index (κ3) is 5.22. The van der Waals surface area contributed by atoms with Crippen molar-refractivity contribution in [2.24, 2.45) is 7.05 Å². The van der Waals surface area contributed by atoms with Gasteiger partial charge in [0.2, 0.25) is 0 Å². The summed E-state index contributed by atoms with van der Waals surface area (Å²) in [5.74, 6) is -0.964. The molecule has 3 aromatic carbocycles. The smallest absolute Gasteiger partial charge is 0.342 e. The van der Waals surface area contributed by atoms with Crippen LogP contribution in [0.4, 0.5) is 5.69 Å². The van der Waals surface area contributed by atoms with Crippen molar-refractivity contribution in [1.29, 1.82) is 0 Å². The zero-order chi connectivity index (χ0) is 25.7. The van der Waals surface area contributed by atoms with Crippen molar-refractivity contribution >= 4 is 17.6 Å². The Morgan fingerprint density at radius 2 is 1.53 bits per heavy atom. The van der Waals surface area contributed by atoms with Crippen molar-refractivity contribution in [2.75, 3.05) is 5.32 Å². The summed E-state index contributed by atoms with van der Waals surface area (Å²) < 4.78 is 14.4. The number of nitrogens with one attached hydrogen (secondary N) is 1. The molecule has 0 aliphatic rings. The highest BCUT2D eigenvalue weighted by atomic mass is 16.5. The largest absolute Gasteiger partial charge is 0.488 e. The molecule has 0 spiro atoms. The third-order valence-corrected chi connectivity index (χ3v) is 5.80. The number of hydrogen-bond donors (Lipinski definition) is 1. The van der Waals surface area contributed by atoms with Crippen molar-refractivity contribution in [3.63, 3.8) is 0 Å². The van der Waals surface area contributed by atoms with Crippen LogP contribution < -0.4 is 15.6 Å². The molecule has 1 aromatic heterocycles. The van der Waals surface area contributed by atoms with E-state index in [1.807, 2.05) is 48.5 Å². The summed E-state index contributed by atoms with van der Waals surface area (Å²) in [6.07, 6.45) is -1.15. The Bertz CT molecular complexity index is 1420. The third-order valence-electron chi connectivity index (χ3n) is 5.80. The lowest BCUT2D eigenvalue weighted by Gasteiger charge is -2.15. The van der Waals surface area contributed by atoms with Gasteiger partial charge >= 0.3 is 5.97 Å². The highest BCUT2D eigenvalue weighted by Crippen LogP contribution is 2.21. The molecule has 0 saturated carbocycles. The van der Waals surface area contributed by atoms with Crippen molar-refractivity contribution in [3.05, 3.63) is 112 Å². The number of carbonyl (C=O) groups is 2. The molecule has 1 atom stereocenters. The van der Waals surface area contributed by atoms with Crippen LogP contribution in [-0.4, -0.2) is 27.3 Å². The lowest BCUT2D eigenvalue weighted by molar-refractivity contribution is -0.123. The molecule has 1 amide bonds. The summed E-state index contributed by atoms with van der Waals surface area (Å²) in [5.41, 5.74) is 2.13. The average molecular weight is 486 g/mol. The van der Waals surface area contributed by atoms with E-state index >= 15 is 0 Å². The van der Waals surface area contributed by atoms with Crippen LogP contribution in [0.25, 0.3) is 5.69 Å². The van der Waals surface area contributed by atoms with Crippen LogP contribution in [0, 0.1) is 6.92 Å². The van der Waals surface area contributed by atoms with Crippen LogP contribution in [0.5, 0.6) is 5.75 Å². The van der Waals surface area contributed by atoms with Gasteiger partial charge in [0.05, 0.1) is 11.4 Å². The predicted octanol–water partition coefficient (Wildman–Crippen LogP) is 4.25. The zero-order valence-corrected chi connectivity index (χ0v) is 20.3. The Morgan fingerprint density at radius 1 is 0.917 bits per heavy atom. The Hall–Kier alpha value is -4.59. The van der Waals surface area contributed by atoms with E-state index in [1.54, 1.807) is 55.1 Å². The molecule has 1 unspecified atom stereocenters. The topological polar surface area (TPSA) is 91.6 Å². The highest BCUT2D eigenvalue weighted by Gasteiger charge is 2.24. The minimum atomic E-state index is -1.15. The SMILES string of the molecule is Cc1c(NC(=O)C(C)OC(=O)c2ccccc2OCc2ccccc2)c(=O)n(-c2ccccc2)n1C. The molecule has 8 nitrogen and oxygen atoms in total. The van der Waals surface area contributed by atoms with Gasteiger partial charge in [-0.2, -0.15) is 0 Å². The van der Waals surface area contributed by atoms with Crippen LogP contribution in [0.1, 0.15) is 28.5 Å². The molecule has 4 rings (SSSR count). The number of anilines is 1. The van der Waals surface area contributed by atoms with E-state index in [4.69, 9.17) is 9.47 Å². The number of ether oxygens (including phenoxy) is 2. The molecule has 8 heteroatoms. The van der Waals surface area contributed by atoms with Crippen LogP contribution in [0.2, 0.25) is 0 Å². The Labute approximate surface area is 208 Å². The average Bonchev–Trinajstić information content (AvgIpc) is 3.11. The molecular weight excluding hydrogens is 458 g/mol. The standard InChI is InChI=1S/C28H27N3O5/c1-19-25(27(33)31(30(19)3)22-14-8-5-9-15-22)29-26(32)20(2)36-28(34)23-16-10-11-17-24(23)35-18-21-12-6-4-7-13-21/h4-17,20H,18H2,1-3H3,(H,29,32). The zero-order valence-electron chi connectivity index (χ0n) is 20.3. The second kappa shape index (κ2) is 10.8. The first-order chi connectivity index (χ1) is 17.4. The highest BCUT2D eigenvalue weighted by molar-refractivity contribution is 5.98. The molecule has 36 heavy (non-hydrogen) atoms. The quantitative estimate of drug-likeness (QED) is 0.377. The maximum Gasteiger partial charge on any atom is 0.342 e. The summed E-state index contributed by atoms with van der Waals surface area (Å²) in [6, 6.07) is 25.4. The van der Waals surface area contributed by atoms with Crippen molar-refractivity contribution in [2.45, 2.75) is 26.6 Å². The van der Waals surface area contributed by atoms with Crippen LogP contribution >= 0.6 is 0 Å². The van der Waals surface area contributed by atoms with Gasteiger partial charge in [-0.05, 0) is 43.7 Å². The lowest BCUT2D eigenvalue weighted by atomic mass is 10.2. The number of benzene rings is 3. The van der Waals surface area contributed by atoms with E-state index < -0.39 is 18.0 Å². The molecule has 0 saturated heterocycles. The minimum Gasteiger partial charge on any atom is -0.488 e. The van der Waals surface area contributed by atoms with Crippen molar-refractivity contribution < 1.29 is 19.1 Å². The van der Waals surface area contributed by atoms with E-state index in [1.165, 1.54) is 11.6 Å². The number of nitrogens with zero attached hydrogens (tertiary/aromatic N) is 2. The normalized spacial score (nSPS) is 11.5. The van der Waals surface area contributed by atoms with Crippen molar-refractivity contribution in [3.8, 4) is 11.4 Å². The van der Waals surface area contributed by atoms with E-state index in [0.29, 0.717) is 17.1 Å². The Balaban J connectivity index is 1.46. The monoisotopic (exact) mass is 485 g/mol. The second-order valence-corrected chi connectivity index (χ2v) is 8.24. The Morgan fingerprint density at radius 3 is 2.22 bits per heavy atom. The molecule has 4 aromatic rings. The first-order valence-electron chi connectivity index (χ1n) is 11.5. The number of amides is 1. The van der Waals surface area contributed by atoms with Crippen LogP contribution in [0.3, 0.4) is 0 Å². The molecular formula is C28H27N3O5. The summed E-state index contributed by atoms with van der Waals surface area (Å²) >= 11 is 0. The molecule has 0 fully saturated rings. The second-order valence-electron chi connectivity index (χ2n) is 8.24. The number of carbonyl (C=O) groups excluding carboxylic acids is 2. The fourth-order valence-electron chi connectivity index (χ4n) is 3.71. The summed E-state index contributed by atoms with van der Waals surface area (Å²) in [5, 5.41) is 2.63. The van der Waals surface area contributed by atoms with E-state index in [0.717, 1.165) is 5.56 Å². The molecule has 1 heterocycles. The maximum absolute atomic E-state index is 13.0. The van der Waals surface area contributed by atoms with Crippen molar-refractivity contribution in [1.82, 2.24) is 9.36 Å². The maximum atomic E-state index is 13.0. The number of rotatable bonds is 8. The summed E-state index contributed by atoms with van der Waals surface area (Å²) in [6.45, 7) is 3.46. The molecule has 0 aliphatic heterocycles. The molecule has 184 valence electrons. The Kier molecular flexibility index (Phi) is 7.34. The molecule has 0 bridgehead atoms. The number of aromatic nitrogens is 2. The van der Waals surface area contributed by atoms with Gasteiger partial charge in [0, 0.05) is 7.05 Å². The predicted molar refractivity (Wildman–Crippen MR) is 136 cm³/mol. The fourth-order valence-corrected chi connectivity index (χ4v) is 3.71. The van der Waals surface area contributed by atoms with Gasteiger partial charge in [-0.1, -0.05) is 60.7 Å². The van der Waals surface area contributed by atoms with Gasteiger partial charge in [-0.15, -0.1) is 0 Å². The first-order valence-corrected chi connectivity index (χ1v) is 11.5. The van der Waals surface area contributed by atoms with E-state index in [-0.39, 0.29) is 23.4 Å². The molecule has 1 N–H and O–H groups in total. The van der Waals surface area contributed by atoms with Crippen LogP contribution in [0.15, 0.2) is 89.7 Å². The van der Waals surface area contributed by atoms with Gasteiger partial charge in [-0.3, -0.25) is 14.3 Å². The summed E-state index contributed by atoms with van der Waals surface area (Å²) in [4.78, 5) is 38.8. The van der Waals surface area contributed by atoms with Gasteiger partial charge in [0.15, 0.2) is 6.10 Å². The van der Waals surface area contributed by atoms with Gasteiger partial charge in [-0.25, -0.2) is 9.48 Å². The molecule has 0 radical (unpaired) electrons. The number of para-hydroxylation sites is 2. The molecule has 0 aliphatic carbocycles. The lowest BCUT2D eigenvalue weighted by Crippen LogP contribution is -2.32. The van der Waals surface area contributed by atoms with Gasteiger partial charge in [0.25, 0.3) is 11.5 Å². The first kappa shape index (κ1) is 24.5. The van der Waals surface area contributed by atoms with Crippen LogP contribution in [-0.2, 0) is 23.2 Å². The minimum absolute atomic E-state index is 0.126. The number of esters is 1. The summed E-state index contributed by atoms with van der Waals surface area (Å²) in [7, 11) is 1.73. The fraction of sp³-hybridized carbons (Fsp3) is 0.179. The van der Waals surface area contributed by atoms with Gasteiger partial charge < -0.3 is 14.8 Å².